The summed E-state index contributed by atoms with van der Waals surface area (Å²) in [5.41, 5.74) is -0.129. The van der Waals surface area contributed by atoms with Crippen LogP contribution in [0.3, 0.4) is 0 Å². The second-order valence-corrected chi connectivity index (χ2v) is 15.6. The van der Waals surface area contributed by atoms with E-state index in [-0.39, 0.29) is 29.2 Å². The number of carbonyl (C=O) groups excluding carboxylic acids is 1. The number of amides is 1. The van der Waals surface area contributed by atoms with Crippen LogP contribution in [-0.2, 0) is 9.22 Å². The van der Waals surface area contributed by atoms with Crippen LogP contribution in [0.15, 0.2) is 60.7 Å². The third-order valence-electron chi connectivity index (χ3n) is 8.19. The molecule has 1 saturated carbocycles. The summed E-state index contributed by atoms with van der Waals surface area (Å²) in [5.74, 6) is 0.734. The van der Waals surface area contributed by atoms with Crippen molar-refractivity contribution in [2.45, 2.75) is 88.8 Å². The molecule has 0 bridgehead atoms. The van der Waals surface area contributed by atoms with Crippen molar-refractivity contribution in [2.75, 3.05) is 6.61 Å². The van der Waals surface area contributed by atoms with Crippen molar-refractivity contribution in [3.63, 3.8) is 0 Å². The second kappa shape index (κ2) is 10.3. The van der Waals surface area contributed by atoms with Gasteiger partial charge in [0.2, 0.25) is 5.91 Å². The van der Waals surface area contributed by atoms with Gasteiger partial charge in [-0.05, 0) is 53.4 Å². The van der Waals surface area contributed by atoms with Crippen molar-refractivity contribution in [1.82, 2.24) is 5.32 Å². The van der Waals surface area contributed by atoms with Crippen LogP contribution in [0.5, 0.6) is 0 Å². The first kappa shape index (κ1) is 25.1. The van der Waals surface area contributed by atoms with E-state index in [2.05, 4.69) is 74.6 Å². The number of hydrogen-bond acceptors (Lipinski definition) is 3. The molecule has 1 aliphatic heterocycles. The van der Waals surface area contributed by atoms with Crippen molar-refractivity contribution < 1.29 is 14.3 Å². The lowest BCUT2D eigenvalue weighted by Gasteiger charge is -2.49. The summed E-state index contributed by atoms with van der Waals surface area (Å²) in [6, 6.07) is 21.2. The van der Waals surface area contributed by atoms with Gasteiger partial charge in [-0.1, -0.05) is 94.3 Å². The van der Waals surface area contributed by atoms with Crippen LogP contribution in [-0.4, -0.2) is 37.6 Å². The van der Waals surface area contributed by atoms with Gasteiger partial charge >= 0.3 is 0 Å². The number of carbonyl (C=O) groups is 1. The highest BCUT2D eigenvalue weighted by Crippen LogP contribution is 2.43. The van der Waals surface area contributed by atoms with E-state index in [9.17, 15) is 9.90 Å². The number of benzene rings is 2. The fourth-order valence-corrected chi connectivity index (χ4v) is 11.2. The van der Waals surface area contributed by atoms with Gasteiger partial charge in [0, 0.05) is 12.0 Å². The molecule has 5 heteroatoms. The molecule has 1 saturated heterocycles. The van der Waals surface area contributed by atoms with Gasteiger partial charge in [0.25, 0.3) is 8.32 Å². The Balaban J connectivity index is 1.66. The maximum Gasteiger partial charge on any atom is 0.261 e. The number of rotatable bonds is 8. The summed E-state index contributed by atoms with van der Waals surface area (Å²) < 4.78 is 7.19. The van der Waals surface area contributed by atoms with Crippen LogP contribution < -0.4 is 15.7 Å². The third-order valence-corrected chi connectivity index (χ3v) is 13.3. The summed E-state index contributed by atoms with van der Waals surface area (Å²) in [6.45, 7) is 6.79. The zero-order valence-corrected chi connectivity index (χ0v) is 22.1. The summed E-state index contributed by atoms with van der Waals surface area (Å²) in [6.07, 6.45) is 7.63. The smallest absolute Gasteiger partial charge is 0.261 e. The number of fused-ring (bicyclic) bond motifs is 1. The largest absolute Gasteiger partial charge is 0.402 e. The first-order valence-corrected chi connectivity index (χ1v) is 14.9. The van der Waals surface area contributed by atoms with E-state index >= 15 is 0 Å². The van der Waals surface area contributed by atoms with Gasteiger partial charge in [-0.2, -0.15) is 0 Å². The molecule has 34 heavy (non-hydrogen) atoms. The van der Waals surface area contributed by atoms with Crippen molar-refractivity contribution >= 4 is 24.6 Å². The Morgan fingerprint density at radius 3 is 2.21 bits per heavy atom. The van der Waals surface area contributed by atoms with E-state index in [0.29, 0.717) is 12.3 Å². The number of piperidine rings is 1. The van der Waals surface area contributed by atoms with Crippen LogP contribution in [0.2, 0.25) is 5.04 Å². The molecule has 0 aromatic heterocycles. The Bertz CT molecular complexity index is 903. The maximum absolute atomic E-state index is 12.4. The molecule has 4 nitrogen and oxygen atoms in total. The Morgan fingerprint density at radius 2 is 1.65 bits per heavy atom. The molecule has 2 fully saturated rings. The number of hydrogen-bond donors (Lipinski definition) is 2. The highest BCUT2D eigenvalue weighted by Gasteiger charge is 2.52. The Labute approximate surface area is 206 Å². The van der Waals surface area contributed by atoms with Gasteiger partial charge in [-0.25, -0.2) is 0 Å². The number of nitrogens with one attached hydrogen (secondary N) is 1. The Hall–Kier alpha value is -1.95. The van der Waals surface area contributed by atoms with E-state index in [1.807, 2.05) is 12.1 Å². The molecular formula is C29H41NO3Si. The lowest BCUT2D eigenvalue weighted by molar-refractivity contribution is -0.128. The van der Waals surface area contributed by atoms with Crippen LogP contribution in [0, 0.1) is 5.92 Å². The second-order valence-electron chi connectivity index (χ2n) is 11.3. The lowest BCUT2D eigenvalue weighted by atomic mass is 9.66. The van der Waals surface area contributed by atoms with Crippen molar-refractivity contribution in [3.05, 3.63) is 60.7 Å². The van der Waals surface area contributed by atoms with Crippen LogP contribution in [0.4, 0.5) is 0 Å². The standard InChI is InChI=1S/C29H41NO3Si/c1-28(2,3)34(25-13-6-4-7-14-25,26-15-8-5-9-16-26)33-24(22-31)19-21-29-20-11-10-12-23(29)17-18-27(32)30-29/h4-9,13-16,23-24,31H,10-12,17-22H2,1-3H3,(H,30,32)/t23-,24+,29-/m0/s1. The van der Waals surface area contributed by atoms with Crippen LogP contribution in [0.25, 0.3) is 0 Å². The molecule has 4 rings (SSSR count). The normalized spacial score (nSPS) is 24.2. The highest BCUT2D eigenvalue weighted by molar-refractivity contribution is 6.99. The number of aliphatic hydroxyl groups excluding tert-OH is 1. The molecule has 2 aliphatic rings. The molecular weight excluding hydrogens is 438 g/mol. The summed E-state index contributed by atoms with van der Waals surface area (Å²) in [4.78, 5) is 12.4. The number of aliphatic hydroxyl groups is 1. The molecule has 0 spiro atoms. The fraction of sp³-hybridized carbons (Fsp3) is 0.552. The molecule has 0 unspecified atom stereocenters. The van der Waals surface area contributed by atoms with E-state index in [1.54, 1.807) is 0 Å². The average molecular weight is 480 g/mol. The van der Waals surface area contributed by atoms with Crippen LogP contribution >= 0.6 is 0 Å². The van der Waals surface area contributed by atoms with Gasteiger partial charge in [-0.15, -0.1) is 0 Å². The molecule has 2 aromatic carbocycles. The molecule has 1 aliphatic carbocycles. The van der Waals surface area contributed by atoms with Crippen molar-refractivity contribution in [2.24, 2.45) is 5.92 Å². The van der Waals surface area contributed by atoms with Gasteiger partial charge in [-0.3, -0.25) is 4.79 Å². The molecule has 2 N–H and O–H groups in total. The van der Waals surface area contributed by atoms with Crippen molar-refractivity contribution in [1.29, 1.82) is 0 Å². The quantitative estimate of drug-likeness (QED) is 0.547. The van der Waals surface area contributed by atoms with Gasteiger partial charge < -0.3 is 14.8 Å². The zero-order chi connectivity index (χ0) is 24.2. The Morgan fingerprint density at radius 1 is 1.03 bits per heavy atom. The van der Waals surface area contributed by atoms with E-state index in [4.69, 9.17) is 4.43 Å². The summed E-state index contributed by atoms with van der Waals surface area (Å²) in [7, 11) is -2.73. The van der Waals surface area contributed by atoms with Gasteiger partial charge in [0.1, 0.15) is 0 Å². The topological polar surface area (TPSA) is 58.6 Å². The molecule has 1 heterocycles. The molecule has 1 amide bonds. The average Bonchev–Trinajstić information content (AvgIpc) is 2.84. The predicted molar refractivity (Wildman–Crippen MR) is 141 cm³/mol. The molecule has 3 atom stereocenters. The lowest BCUT2D eigenvalue weighted by Crippen LogP contribution is -2.68. The van der Waals surface area contributed by atoms with Crippen molar-refractivity contribution in [3.8, 4) is 0 Å². The first-order chi connectivity index (χ1) is 16.3. The minimum Gasteiger partial charge on any atom is -0.402 e. The minimum atomic E-state index is -2.73. The van der Waals surface area contributed by atoms with E-state index in [1.165, 1.54) is 23.2 Å². The van der Waals surface area contributed by atoms with Crippen LogP contribution in [0.1, 0.15) is 72.1 Å². The van der Waals surface area contributed by atoms with Gasteiger partial charge in [0.15, 0.2) is 0 Å². The summed E-state index contributed by atoms with van der Waals surface area (Å²) in [5, 5.41) is 16.3. The monoisotopic (exact) mass is 479 g/mol. The molecule has 0 radical (unpaired) electrons. The SMILES string of the molecule is CC(C)(C)[Si](O[C@@H](CO)CC[C@@]12CCCC[C@H]1CCC(=O)N2)(c1ccccc1)c1ccccc1. The fourth-order valence-electron chi connectivity index (χ4n) is 6.48. The predicted octanol–water partition coefficient (Wildman–Crippen LogP) is 4.54. The molecule has 184 valence electrons. The maximum atomic E-state index is 12.4. The third kappa shape index (κ3) is 4.88. The zero-order valence-electron chi connectivity index (χ0n) is 21.1. The minimum absolute atomic E-state index is 0.0147. The van der Waals surface area contributed by atoms with E-state index in [0.717, 1.165) is 32.1 Å². The highest BCUT2D eigenvalue weighted by atomic mass is 28.4. The van der Waals surface area contributed by atoms with E-state index < -0.39 is 8.32 Å². The summed E-state index contributed by atoms with van der Waals surface area (Å²) >= 11 is 0. The molecule has 2 aromatic rings. The van der Waals surface area contributed by atoms with Gasteiger partial charge in [0.05, 0.1) is 12.7 Å². The Kier molecular flexibility index (Phi) is 7.65. The first-order valence-electron chi connectivity index (χ1n) is 13.0.